The number of halogens is 4. The van der Waals surface area contributed by atoms with Crippen LogP contribution in [0.25, 0.3) is 0 Å². The summed E-state index contributed by atoms with van der Waals surface area (Å²) in [4.78, 5) is 3.89. The van der Waals surface area contributed by atoms with E-state index in [0.29, 0.717) is 10.2 Å². The van der Waals surface area contributed by atoms with Crippen molar-refractivity contribution in [3.8, 4) is 5.75 Å². The van der Waals surface area contributed by atoms with E-state index in [2.05, 4.69) is 20.9 Å². The van der Waals surface area contributed by atoms with Gasteiger partial charge in [-0.1, -0.05) is 6.07 Å². The number of hydrogen-bond acceptors (Lipinski definition) is 3. The molecule has 0 saturated heterocycles. The Labute approximate surface area is 128 Å². The smallest absolute Gasteiger partial charge is 0.264 e. The first-order chi connectivity index (χ1) is 9.97. The maximum absolute atomic E-state index is 13.2. The molecule has 1 heterocycles. The molecule has 7 heteroatoms. The summed E-state index contributed by atoms with van der Waals surface area (Å²) in [5, 5.41) is 0. The van der Waals surface area contributed by atoms with Crippen molar-refractivity contribution in [1.82, 2.24) is 4.98 Å². The first kappa shape index (κ1) is 15.6. The second-order valence-corrected chi connectivity index (χ2v) is 5.19. The van der Waals surface area contributed by atoms with E-state index in [1.54, 1.807) is 6.07 Å². The summed E-state index contributed by atoms with van der Waals surface area (Å²) in [5.41, 5.74) is 5.65. The minimum absolute atomic E-state index is 0.0888. The number of nitrogen functional groups attached to an aromatic ring is 1. The van der Waals surface area contributed by atoms with Crippen LogP contribution >= 0.6 is 15.9 Å². The Morgan fingerprint density at radius 1 is 1.29 bits per heavy atom. The second kappa shape index (κ2) is 6.80. The zero-order valence-electron chi connectivity index (χ0n) is 10.8. The third-order valence-corrected chi connectivity index (χ3v) is 3.25. The number of hydrogen-bond donors (Lipinski definition) is 1. The first-order valence-corrected chi connectivity index (χ1v) is 6.87. The van der Waals surface area contributed by atoms with E-state index >= 15 is 0 Å². The number of pyridine rings is 1. The molecule has 1 aromatic carbocycles. The summed E-state index contributed by atoms with van der Waals surface area (Å²) in [7, 11) is 0. The monoisotopic (exact) mass is 360 g/mol. The second-order valence-electron chi connectivity index (χ2n) is 4.28. The predicted molar refractivity (Wildman–Crippen MR) is 76.9 cm³/mol. The highest BCUT2D eigenvalue weighted by atomic mass is 79.9. The lowest BCUT2D eigenvalue weighted by Crippen LogP contribution is -2.06. The quantitative estimate of drug-likeness (QED) is 0.872. The van der Waals surface area contributed by atoms with Gasteiger partial charge in [-0.05, 0) is 39.7 Å². The van der Waals surface area contributed by atoms with Crippen molar-refractivity contribution in [2.24, 2.45) is 0 Å². The molecule has 112 valence electrons. The molecule has 0 radical (unpaired) electrons. The van der Waals surface area contributed by atoms with Gasteiger partial charge in [-0.2, -0.15) is 0 Å². The predicted octanol–water partition coefficient (Wildman–Crippen LogP) is 4.12. The topological polar surface area (TPSA) is 48.1 Å². The largest absolute Gasteiger partial charge is 0.489 e. The normalized spacial score (nSPS) is 10.9. The van der Waals surface area contributed by atoms with Gasteiger partial charge >= 0.3 is 0 Å². The van der Waals surface area contributed by atoms with Crippen LogP contribution in [0.15, 0.2) is 34.9 Å². The van der Waals surface area contributed by atoms with Gasteiger partial charge in [0.2, 0.25) is 0 Å². The Hall–Kier alpha value is -1.76. The van der Waals surface area contributed by atoms with Gasteiger partial charge in [-0.25, -0.2) is 18.2 Å². The van der Waals surface area contributed by atoms with Gasteiger partial charge in [0.1, 0.15) is 5.82 Å². The molecule has 1 aromatic heterocycles. The van der Waals surface area contributed by atoms with Crippen LogP contribution in [0.1, 0.15) is 17.6 Å². The van der Waals surface area contributed by atoms with Crippen molar-refractivity contribution < 1.29 is 17.9 Å². The molecule has 21 heavy (non-hydrogen) atoms. The molecule has 0 bridgehead atoms. The molecule has 0 spiro atoms. The molecule has 0 atom stereocenters. The molecule has 0 aliphatic heterocycles. The van der Waals surface area contributed by atoms with Gasteiger partial charge < -0.3 is 10.5 Å². The molecule has 0 amide bonds. The van der Waals surface area contributed by atoms with Crippen LogP contribution in [0, 0.1) is 5.82 Å². The van der Waals surface area contributed by atoms with Crippen LogP contribution in [0.2, 0.25) is 0 Å². The average Bonchev–Trinajstić information content (AvgIpc) is 2.42. The molecular formula is C14H12BrF3N2O. The minimum Gasteiger partial charge on any atom is -0.489 e. The van der Waals surface area contributed by atoms with E-state index in [1.807, 2.05) is 0 Å². The number of rotatable bonds is 5. The summed E-state index contributed by atoms with van der Waals surface area (Å²) in [5.74, 6) is -0.0102. The van der Waals surface area contributed by atoms with Crippen molar-refractivity contribution >= 4 is 21.7 Å². The molecule has 0 aliphatic rings. The fraction of sp³-hybridized carbons (Fsp3) is 0.214. The van der Waals surface area contributed by atoms with Gasteiger partial charge in [-0.3, -0.25) is 0 Å². The third-order valence-electron chi connectivity index (χ3n) is 2.82. The van der Waals surface area contributed by atoms with E-state index in [9.17, 15) is 13.2 Å². The summed E-state index contributed by atoms with van der Waals surface area (Å²) in [6, 6.07) is 4.82. The van der Waals surface area contributed by atoms with Crippen molar-refractivity contribution in [2.45, 2.75) is 12.8 Å². The average molecular weight is 361 g/mol. The van der Waals surface area contributed by atoms with E-state index in [-0.39, 0.29) is 30.0 Å². The molecular weight excluding hydrogens is 349 g/mol. The van der Waals surface area contributed by atoms with Crippen molar-refractivity contribution in [2.75, 3.05) is 12.3 Å². The highest BCUT2D eigenvalue weighted by Crippen LogP contribution is 2.26. The third kappa shape index (κ3) is 4.10. The van der Waals surface area contributed by atoms with Crippen LogP contribution in [0.3, 0.4) is 0 Å². The maximum atomic E-state index is 13.2. The van der Waals surface area contributed by atoms with Crippen LogP contribution in [-0.2, 0) is 6.42 Å². The van der Waals surface area contributed by atoms with Crippen molar-refractivity contribution in [1.29, 1.82) is 0 Å². The van der Waals surface area contributed by atoms with Crippen LogP contribution in [-0.4, -0.2) is 11.6 Å². The Bertz CT molecular complexity index is 638. The molecule has 2 rings (SSSR count). The Kier molecular flexibility index (Phi) is 5.06. The summed E-state index contributed by atoms with van der Waals surface area (Å²) in [6.07, 6.45) is -0.995. The molecule has 2 aromatic rings. The zero-order chi connectivity index (χ0) is 15.4. The van der Waals surface area contributed by atoms with Crippen LogP contribution < -0.4 is 10.5 Å². The highest BCUT2D eigenvalue weighted by Gasteiger charge is 2.14. The van der Waals surface area contributed by atoms with Crippen molar-refractivity contribution in [3.05, 3.63) is 51.9 Å². The number of ether oxygens (including phenoxy) is 1. The van der Waals surface area contributed by atoms with Gasteiger partial charge in [-0.15, -0.1) is 0 Å². The molecule has 0 aliphatic carbocycles. The van der Waals surface area contributed by atoms with E-state index in [4.69, 9.17) is 10.5 Å². The van der Waals surface area contributed by atoms with E-state index < -0.39 is 12.2 Å². The van der Waals surface area contributed by atoms with Crippen molar-refractivity contribution in [3.63, 3.8) is 0 Å². The minimum atomic E-state index is -2.65. The van der Waals surface area contributed by atoms with E-state index in [0.717, 1.165) is 18.2 Å². The number of benzene rings is 1. The van der Waals surface area contributed by atoms with Gasteiger partial charge in [0.15, 0.2) is 11.6 Å². The summed E-state index contributed by atoms with van der Waals surface area (Å²) < 4.78 is 44.9. The SMILES string of the molecule is Nc1ncc(Br)cc1OCCc1cc(F)ccc1C(F)F. The number of aromatic nitrogens is 1. The van der Waals surface area contributed by atoms with Crippen LogP contribution in [0.4, 0.5) is 19.0 Å². The fourth-order valence-corrected chi connectivity index (χ4v) is 2.13. The lowest BCUT2D eigenvalue weighted by atomic mass is 10.1. The van der Waals surface area contributed by atoms with Gasteiger partial charge in [0.25, 0.3) is 6.43 Å². The fourth-order valence-electron chi connectivity index (χ4n) is 1.82. The number of nitrogens with two attached hydrogens (primary N) is 1. The van der Waals surface area contributed by atoms with Gasteiger partial charge in [0.05, 0.1) is 6.61 Å². The zero-order valence-corrected chi connectivity index (χ0v) is 12.4. The standard InChI is InChI=1S/C14H12BrF3N2O/c15-9-6-12(14(19)20-7-9)21-4-3-8-5-10(16)1-2-11(8)13(17)18/h1-2,5-7,13H,3-4H2,(H2,19,20). The molecule has 3 nitrogen and oxygen atoms in total. The van der Waals surface area contributed by atoms with E-state index in [1.165, 1.54) is 6.20 Å². The molecule has 0 fully saturated rings. The maximum Gasteiger partial charge on any atom is 0.264 e. The Morgan fingerprint density at radius 2 is 2.05 bits per heavy atom. The summed E-state index contributed by atoms with van der Waals surface area (Å²) >= 11 is 3.23. The molecule has 0 saturated carbocycles. The molecule has 0 unspecified atom stereocenters. The highest BCUT2D eigenvalue weighted by molar-refractivity contribution is 9.10. The Balaban J connectivity index is 2.06. The number of anilines is 1. The van der Waals surface area contributed by atoms with Crippen LogP contribution in [0.5, 0.6) is 5.75 Å². The first-order valence-electron chi connectivity index (χ1n) is 6.07. The Morgan fingerprint density at radius 3 is 2.76 bits per heavy atom. The lowest BCUT2D eigenvalue weighted by Gasteiger charge is -2.11. The molecule has 2 N–H and O–H groups in total. The lowest BCUT2D eigenvalue weighted by molar-refractivity contribution is 0.149. The van der Waals surface area contributed by atoms with Gasteiger partial charge in [0, 0.05) is 22.7 Å². The number of alkyl halides is 2. The number of nitrogens with zero attached hydrogens (tertiary/aromatic N) is 1. The summed E-state index contributed by atoms with van der Waals surface area (Å²) in [6.45, 7) is 0.0888.